The average molecular weight is 501 g/mol. The minimum atomic E-state index is -0.941. The van der Waals surface area contributed by atoms with Gasteiger partial charge in [-0.15, -0.1) is 0 Å². The van der Waals surface area contributed by atoms with Crippen LogP contribution in [0.25, 0.3) is 5.69 Å². The zero-order valence-electron chi connectivity index (χ0n) is 19.0. The number of aromatic nitrogens is 2. The SMILES string of the molecule is O=C(O)CCN(c1ccc(F)cc1)c1ccc(-n2ncc(NC[C@H]3CCCOC3)c(Cl)c2=O)cc1. The van der Waals surface area contributed by atoms with E-state index in [-0.39, 0.29) is 23.8 Å². The molecule has 0 unspecified atom stereocenters. The third kappa shape index (κ3) is 6.17. The van der Waals surface area contributed by atoms with E-state index in [1.165, 1.54) is 23.0 Å². The second-order valence-electron chi connectivity index (χ2n) is 8.34. The Balaban J connectivity index is 1.53. The van der Waals surface area contributed by atoms with Crippen LogP contribution in [0.15, 0.2) is 59.5 Å². The predicted molar refractivity (Wildman–Crippen MR) is 133 cm³/mol. The van der Waals surface area contributed by atoms with Gasteiger partial charge in [-0.05, 0) is 67.3 Å². The minimum absolute atomic E-state index is 0.0511. The van der Waals surface area contributed by atoms with Gasteiger partial charge in [-0.2, -0.15) is 9.78 Å². The number of nitrogens with zero attached hydrogens (tertiary/aromatic N) is 3. The molecule has 2 heterocycles. The van der Waals surface area contributed by atoms with Crippen LogP contribution in [0, 0.1) is 11.7 Å². The molecule has 2 N–H and O–H groups in total. The standard InChI is InChI=1S/C25H26ClFN4O4/c26-24-22(28-14-17-2-1-13-35-16-17)15-29-31(25(24)34)21-9-7-20(8-10-21)30(12-11-23(32)33)19-5-3-18(27)4-6-19/h3-10,15,17,28H,1-2,11-14,16H2,(H,32,33)/t17-/m1/s1. The van der Waals surface area contributed by atoms with Crippen molar-refractivity contribution in [3.05, 3.63) is 75.9 Å². The van der Waals surface area contributed by atoms with Gasteiger partial charge in [0.05, 0.1) is 30.6 Å². The Labute approximate surface area is 206 Å². The summed E-state index contributed by atoms with van der Waals surface area (Å²) in [6.07, 6.45) is 3.50. The van der Waals surface area contributed by atoms with Crippen LogP contribution in [0.1, 0.15) is 19.3 Å². The van der Waals surface area contributed by atoms with E-state index >= 15 is 0 Å². The van der Waals surface area contributed by atoms with E-state index in [0.29, 0.717) is 41.8 Å². The Kier molecular flexibility index (Phi) is 7.99. The molecule has 4 rings (SSSR count). The third-order valence-corrected chi connectivity index (χ3v) is 6.21. The fourth-order valence-corrected chi connectivity index (χ4v) is 4.17. The molecule has 1 saturated heterocycles. The summed E-state index contributed by atoms with van der Waals surface area (Å²) in [7, 11) is 0. The van der Waals surface area contributed by atoms with Gasteiger partial charge in [0.1, 0.15) is 10.8 Å². The summed E-state index contributed by atoms with van der Waals surface area (Å²) in [6.45, 7) is 2.31. The Morgan fingerprint density at radius 3 is 2.51 bits per heavy atom. The number of ether oxygens (including phenoxy) is 1. The first-order chi connectivity index (χ1) is 16.9. The van der Waals surface area contributed by atoms with E-state index in [1.807, 2.05) is 0 Å². The normalized spacial score (nSPS) is 15.5. The molecule has 35 heavy (non-hydrogen) atoms. The summed E-state index contributed by atoms with van der Waals surface area (Å²) in [5.74, 6) is -0.960. The Morgan fingerprint density at radius 2 is 1.89 bits per heavy atom. The average Bonchev–Trinajstić information content (AvgIpc) is 2.87. The van der Waals surface area contributed by atoms with Crippen LogP contribution >= 0.6 is 11.6 Å². The maximum absolute atomic E-state index is 13.4. The molecule has 1 fully saturated rings. The Bertz CT molecular complexity index is 1210. The predicted octanol–water partition coefficient (Wildman–Crippen LogP) is 4.48. The second kappa shape index (κ2) is 11.3. The molecule has 1 aromatic heterocycles. The first-order valence-electron chi connectivity index (χ1n) is 11.4. The lowest BCUT2D eigenvalue weighted by Crippen LogP contribution is -2.27. The van der Waals surface area contributed by atoms with Gasteiger partial charge >= 0.3 is 5.97 Å². The van der Waals surface area contributed by atoms with E-state index in [9.17, 15) is 14.0 Å². The third-order valence-electron chi connectivity index (χ3n) is 5.85. The number of carboxylic acids is 1. The number of hydrogen-bond donors (Lipinski definition) is 2. The summed E-state index contributed by atoms with van der Waals surface area (Å²) < 4.78 is 20.1. The van der Waals surface area contributed by atoms with E-state index in [4.69, 9.17) is 21.4 Å². The fraction of sp³-hybridized carbons (Fsp3) is 0.320. The lowest BCUT2D eigenvalue weighted by atomic mass is 10.0. The van der Waals surface area contributed by atoms with Crippen LogP contribution in [0.5, 0.6) is 0 Å². The van der Waals surface area contributed by atoms with Gasteiger partial charge in [-0.3, -0.25) is 9.59 Å². The molecule has 0 saturated carbocycles. The quantitative estimate of drug-likeness (QED) is 0.447. The van der Waals surface area contributed by atoms with Crippen LogP contribution in [0.2, 0.25) is 5.02 Å². The number of benzene rings is 2. The molecule has 1 atom stereocenters. The highest BCUT2D eigenvalue weighted by atomic mass is 35.5. The highest BCUT2D eigenvalue weighted by Crippen LogP contribution is 2.27. The van der Waals surface area contributed by atoms with Gasteiger partial charge < -0.3 is 20.1 Å². The molecule has 0 bridgehead atoms. The van der Waals surface area contributed by atoms with Crippen LogP contribution in [-0.2, 0) is 9.53 Å². The van der Waals surface area contributed by atoms with Gasteiger partial charge in [0.2, 0.25) is 0 Å². The number of carboxylic acid groups (broad SMARTS) is 1. The number of rotatable bonds is 9. The molecule has 0 spiro atoms. The van der Waals surface area contributed by atoms with Crippen molar-refractivity contribution in [2.75, 3.05) is 36.5 Å². The van der Waals surface area contributed by atoms with Crippen molar-refractivity contribution in [3.8, 4) is 5.69 Å². The second-order valence-corrected chi connectivity index (χ2v) is 8.72. The fourth-order valence-electron chi connectivity index (χ4n) is 3.97. The lowest BCUT2D eigenvalue weighted by Gasteiger charge is -2.24. The number of anilines is 3. The van der Waals surface area contributed by atoms with Crippen molar-refractivity contribution in [2.45, 2.75) is 19.3 Å². The van der Waals surface area contributed by atoms with Crippen LogP contribution in [0.3, 0.4) is 0 Å². The van der Waals surface area contributed by atoms with Crippen LogP contribution in [-0.4, -0.2) is 47.2 Å². The number of nitrogens with one attached hydrogen (secondary N) is 1. The smallest absolute Gasteiger partial charge is 0.305 e. The summed E-state index contributed by atoms with van der Waals surface area (Å²) in [6, 6.07) is 12.7. The molecule has 8 nitrogen and oxygen atoms in total. The highest BCUT2D eigenvalue weighted by Gasteiger charge is 2.17. The van der Waals surface area contributed by atoms with E-state index < -0.39 is 11.5 Å². The number of hydrogen-bond acceptors (Lipinski definition) is 6. The zero-order valence-corrected chi connectivity index (χ0v) is 19.7. The zero-order chi connectivity index (χ0) is 24.8. The lowest BCUT2D eigenvalue weighted by molar-refractivity contribution is -0.136. The molecule has 3 aromatic rings. The Hall–Kier alpha value is -3.43. The van der Waals surface area contributed by atoms with Crippen molar-refractivity contribution in [2.24, 2.45) is 5.92 Å². The van der Waals surface area contributed by atoms with Gasteiger partial charge in [0.15, 0.2) is 0 Å². The Morgan fingerprint density at radius 1 is 1.20 bits per heavy atom. The van der Waals surface area contributed by atoms with E-state index in [1.54, 1.807) is 41.3 Å². The number of carbonyl (C=O) groups is 1. The van der Waals surface area contributed by atoms with E-state index in [2.05, 4.69) is 10.4 Å². The van der Waals surface area contributed by atoms with E-state index in [0.717, 1.165) is 19.4 Å². The molecular weight excluding hydrogens is 475 g/mol. The van der Waals surface area contributed by atoms with Crippen LogP contribution in [0.4, 0.5) is 21.5 Å². The topological polar surface area (TPSA) is 96.7 Å². The molecule has 2 aromatic carbocycles. The van der Waals surface area contributed by atoms with Crippen molar-refractivity contribution in [3.63, 3.8) is 0 Å². The first kappa shape index (κ1) is 24.7. The summed E-state index contributed by atoms with van der Waals surface area (Å²) in [5, 5.41) is 16.6. The minimum Gasteiger partial charge on any atom is -0.481 e. The van der Waals surface area contributed by atoms with Gasteiger partial charge in [0.25, 0.3) is 5.56 Å². The van der Waals surface area contributed by atoms with Crippen molar-refractivity contribution >= 4 is 34.6 Å². The van der Waals surface area contributed by atoms with Crippen LogP contribution < -0.4 is 15.8 Å². The van der Waals surface area contributed by atoms with Gasteiger partial charge in [0, 0.05) is 31.1 Å². The largest absolute Gasteiger partial charge is 0.481 e. The summed E-state index contributed by atoms with van der Waals surface area (Å²) in [4.78, 5) is 25.8. The summed E-state index contributed by atoms with van der Waals surface area (Å²) in [5.41, 5.74) is 1.87. The molecule has 1 aliphatic heterocycles. The molecule has 10 heteroatoms. The van der Waals surface area contributed by atoms with Crippen molar-refractivity contribution in [1.29, 1.82) is 0 Å². The molecule has 0 aliphatic carbocycles. The monoisotopic (exact) mass is 500 g/mol. The maximum Gasteiger partial charge on any atom is 0.305 e. The van der Waals surface area contributed by atoms with Crippen molar-refractivity contribution in [1.82, 2.24) is 9.78 Å². The molecule has 0 radical (unpaired) electrons. The summed E-state index contributed by atoms with van der Waals surface area (Å²) >= 11 is 6.35. The molecule has 184 valence electrons. The van der Waals surface area contributed by atoms with Gasteiger partial charge in [-0.25, -0.2) is 4.39 Å². The number of aliphatic carboxylic acids is 1. The maximum atomic E-state index is 13.4. The number of halogens is 2. The van der Waals surface area contributed by atoms with Crippen molar-refractivity contribution < 1.29 is 19.0 Å². The highest BCUT2D eigenvalue weighted by molar-refractivity contribution is 6.32. The molecular formula is C25H26ClFN4O4. The first-order valence-corrected chi connectivity index (χ1v) is 11.7. The molecule has 0 amide bonds. The molecule has 1 aliphatic rings. The van der Waals surface area contributed by atoms with Gasteiger partial charge in [-0.1, -0.05) is 11.6 Å².